The van der Waals surface area contributed by atoms with Crippen molar-refractivity contribution >= 4 is 11.7 Å². The third kappa shape index (κ3) is 7.73. The summed E-state index contributed by atoms with van der Waals surface area (Å²) >= 11 is 0. The van der Waals surface area contributed by atoms with E-state index in [0.717, 1.165) is 85.8 Å². The molecule has 2 aliphatic heterocycles. The molecule has 2 N–H and O–H groups in total. The van der Waals surface area contributed by atoms with Crippen LogP contribution in [0, 0.1) is 19.3 Å². The summed E-state index contributed by atoms with van der Waals surface area (Å²) in [5, 5.41) is 19.7. The molecule has 0 bridgehead atoms. The number of rotatable bonds is 10. The van der Waals surface area contributed by atoms with Crippen LogP contribution in [0.3, 0.4) is 0 Å². The third-order valence-electron chi connectivity index (χ3n) is 9.27. The number of aliphatic carboxylic acids is 1. The lowest BCUT2D eigenvalue weighted by atomic mass is 9.81. The van der Waals surface area contributed by atoms with Gasteiger partial charge in [0.1, 0.15) is 12.4 Å². The number of carbonyl (C=O) groups is 1. The maximum atomic E-state index is 12.8. The van der Waals surface area contributed by atoms with Gasteiger partial charge in [-0.25, -0.2) is 4.79 Å². The highest BCUT2D eigenvalue weighted by Crippen LogP contribution is 2.45. The first-order chi connectivity index (χ1) is 21.8. The van der Waals surface area contributed by atoms with Crippen molar-refractivity contribution in [2.75, 3.05) is 37.7 Å². The Morgan fingerprint density at radius 3 is 2.41 bits per heavy atom. The van der Waals surface area contributed by atoms with Crippen molar-refractivity contribution in [3.63, 3.8) is 0 Å². The van der Waals surface area contributed by atoms with Crippen LogP contribution in [0.2, 0.25) is 0 Å². The Kier molecular flexibility index (Phi) is 10.1. The molecule has 0 spiro atoms. The second-order valence-electron chi connectivity index (χ2n) is 14.6. The molecular weight excluding hydrogens is 578 g/mol. The van der Waals surface area contributed by atoms with Gasteiger partial charge in [-0.15, -0.1) is 0 Å². The molecule has 3 aromatic rings. The minimum absolute atomic E-state index is 0.0106. The summed E-state index contributed by atoms with van der Waals surface area (Å²) in [6, 6.07) is 14.8. The second-order valence-corrected chi connectivity index (χ2v) is 14.6. The molecule has 3 heterocycles. The van der Waals surface area contributed by atoms with Gasteiger partial charge in [0.2, 0.25) is 0 Å². The van der Waals surface area contributed by atoms with Crippen LogP contribution < -0.4 is 9.64 Å². The monoisotopic (exact) mass is 629 g/mol. The number of piperidine rings is 1. The second kappa shape index (κ2) is 13.7. The van der Waals surface area contributed by atoms with Gasteiger partial charge in [0.15, 0.2) is 6.10 Å². The van der Waals surface area contributed by atoms with Crippen LogP contribution in [-0.2, 0) is 29.0 Å². The zero-order valence-corrected chi connectivity index (χ0v) is 28.7. The molecule has 1 unspecified atom stereocenters. The van der Waals surface area contributed by atoms with Gasteiger partial charge < -0.3 is 24.6 Å². The first-order valence-electron chi connectivity index (χ1n) is 16.6. The van der Waals surface area contributed by atoms with Gasteiger partial charge in [0.05, 0.1) is 17.9 Å². The number of para-hydroxylation sites is 1. The van der Waals surface area contributed by atoms with Crippen LogP contribution in [0.25, 0.3) is 11.1 Å². The van der Waals surface area contributed by atoms with Crippen molar-refractivity contribution in [2.24, 2.45) is 5.41 Å². The molecule has 46 heavy (non-hydrogen) atoms. The molecule has 248 valence electrons. The summed E-state index contributed by atoms with van der Waals surface area (Å²) in [6.45, 7) is 18.8. The van der Waals surface area contributed by atoms with Crippen LogP contribution in [0.1, 0.15) is 87.2 Å². The fourth-order valence-corrected chi connectivity index (χ4v) is 6.83. The van der Waals surface area contributed by atoms with Crippen molar-refractivity contribution in [3.8, 4) is 16.9 Å². The van der Waals surface area contributed by atoms with Gasteiger partial charge in [-0.05, 0) is 82.1 Å². The quantitative estimate of drug-likeness (QED) is 0.251. The van der Waals surface area contributed by atoms with Crippen LogP contribution >= 0.6 is 0 Å². The number of benzene rings is 2. The smallest absolute Gasteiger partial charge is 0.337 e. The van der Waals surface area contributed by atoms with E-state index in [1.807, 2.05) is 52.8 Å². The summed E-state index contributed by atoms with van der Waals surface area (Å²) in [5.74, 6) is -0.179. The molecule has 1 aromatic heterocycles. The molecule has 8 heteroatoms. The fraction of sp³-hybridized carbons (Fsp3) is 0.526. The number of fused-ring (bicyclic) bond motifs is 1. The lowest BCUT2D eigenvalue weighted by molar-refractivity contribution is -0.160. The van der Waals surface area contributed by atoms with E-state index in [1.54, 1.807) is 0 Å². The SMILES string of the molecule is Cc1nc(C)c(C(OC(C)(C)C)C(=O)O)c(N2CCC(C)(C)CC2)c1-c1ccc2c(c1)CCN(Cc1ccccc1OCCO)C2. The summed E-state index contributed by atoms with van der Waals surface area (Å²) in [6.07, 6.45) is 1.83. The van der Waals surface area contributed by atoms with E-state index < -0.39 is 17.7 Å². The van der Waals surface area contributed by atoms with E-state index in [-0.39, 0.29) is 18.6 Å². The number of pyridine rings is 1. The standard InChI is InChI=1S/C38H51N3O5/c1-25-32(28-12-13-29-23-40(17-14-27(29)22-28)24-30-10-8-9-11-31(30)45-21-20-42)34(41-18-15-38(6,7)16-19-41)33(26(2)39-25)35(36(43)44)46-37(3,4)5/h8-13,22,35,42H,14-21,23-24H2,1-7H3,(H,43,44). The predicted octanol–water partition coefficient (Wildman–Crippen LogP) is 6.86. The fourth-order valence-electron chi connectivity index (χ4n) is 6.83. The third-order valence-corrected chi connectivity index (χ3v) is 9.27. The average Bonchev–Trinajstić information content (AvgIpc) is 2.99. The van der Waals surface area contributed by atoms with Crippen molar-refractivity contribution in [2.45, 2.75) is 92.5 Å². The Hall–Kier alpha value is -3.46. The lowest BCUT2D eigenvalue weighted by Gasteiger charge is -2.41. The predicted molar refractivity (Wildman–Crippen MR) is 182 cm³/mol. The van der Waals surface area contributed by atoms with E-state index in [9.17, 15) is 15.0 Å². The van der Waals surface area contributed by atoms with Crippen LogP contribution in [0.5, 0.6) is 5.75 Å². The largest absolute Gasteiger partial charge is 0.491 e. The van der Waals surface area contributed by atoms with Gasteiger partial charge in [-0.1, -0.05) is 50.2 Å². The molecule has 1 saturated heterocycles. The number of nitrogens with zero attached hydrogens (tertiary/aromatic N) is 3. The number of anilines is 1. The number of carboxylic acids is 1. The van der Waals surface area contributed by atoms with E-state index in [1.165, 1.54) is 11.1 Å². The number of aliphatic hydroxyl groups excluding tert-OH is 1. The van der Waals surface area contributed by atoms with Gasteiger partial charge in [-0.2, -0.15) is 0 Å². The van der Waals surface area contributed by atoms with Crippen molar-refractivity contribution < 1.29 is 24.5 Å². The van der Waals surface area contributed by atoms with Crippen LogP contribution in [0.15, 0.2) is 42.5 Å². The first kappa shape index (κ1) is 33.9. The van der Waals surface area contributed by atoms with E-state index >= 15 is 0 Å². The number of aliphatic hydroxyl groups is 1. The molecule has 2 aliphatic rings. The Morgan fingerprint density at radius 1 is 1.02 bits per heavy atom. The van der Waals surface area contributed by atoms with Crippen molar-refractivity contribution in [3.05, 3.63) is 76.1 Å². The topological polar surface area (TPSA) is 95.4 Å². The highest BCUT2D eigenvalue weighted by molar-refractivity contribution is 5.88. The van der Waals surface area contributed by atoms with E-state index in [4.69, 9.17) is 14.5 Å². The summed E-state index contributed by atoms with van der Waals surface area (Å²) in [5.41, 5.74) is 8.61. The molecule has 0 aliphatic carbocycles. The molecule has 2 aromatic carbocycles. The molecule has 8 nitrogen and oxygen atoms in total. The molecule has 0 amide bonds. The van der Waals surface area contributed by atoms with E-state index in [2.05, 4.69) is 47.9 Å². The first-order valence-corrected chi connectivity index (χ1v) is 16.6. The highest BCUT2D eigenvalue weighted by atomic mass is 16.5. The maximum absolute atomic E-state index is 12.8. The van der Waals surface area contributed by atoms with Crippen molar-refractivity contribution in [1.82, 2.24) is 9.88 Å². The van der Waals surface area contributed by atoms with Crippen molar-refractivity contribution in [1.29, 1.82) is 0 Å². The number of aryl methyl sites for hydroxylation is 2. The number of carboxylic acid groups (broad SMARTS) is 1. The van der Waals surface area contributed by atoms with Gasteiger partial charge >= 0.3 is 5.97 Å². The zero-order valence-electron chi connectivity index (χ0n) is 28.7. The molecule has 5 rings (SSSR count). The number of aromatic nitrogens is 1. The van der Waals surface area contributed by atoms with Gasteiger partial charge in [0.25, 0.3) is 0 Å². The number of ether oxygens (including phenoxy) is 2. The normalized spacial score (nSPS) is 17.4. The highest BCUT2D eigenvalue weighted by Gasteiger charge is 2.36. The minimum atomic E-state index is -1.13. The van der Waals surface area contributed by atoms with E-state index in [0.29, 0.717) is 11.3 Å². The minimum Gasteiger partial charge on any atom is -0.491 e. The molecular formula is C38H51N3O5. The molecule has 0 saturated carbocycles. The summed E-state index contributed by atoms with van der Waals surface area (Å²) < 4.78 is 12.0. The van der Waals surface area contributed by atoms with Crippen LogP contribution in [0.4, 0.5) is 5.69 Å². The number of hydrogen-bond acceptors (Lipinski definition) is 7. The maximum Gasteiger partial charge on any atom is 0.337 e. The Bertz CT molecular complexity index is 1550. The number of hydrogen-bond donors (Lipinski definition) is 2. The van der Waals surface area contributed by atoms with Crippen LogP contribution in [-0.4, -0.2) is 64.5 Å². The Labute approximate surface area is 274 Å². The zero-order chi connectivity index (χ0) is 33.2. The molecule has 0 radical (unpaired) electrons. The summed E-state index contributed by atoms with van der Waals surface area (Å²) in [4.78, 5) is 22.6. The van der Waals surface area contributed by atoms with Gasteiger partial charge in [-0.3, -0.25) is 9.88 Å². The Morgan fingerprint density at radius 2 is 1.74 bits per heavy atom. The molecule has 1 atom stereocenters. The Balaban J connectivity index is 1.53. The summed E-state index contributed by atoms with van der Waals surface area (Å²) in [7, 11) is 0. The average molecular weight is 630 g/mol. The molecule has 1 fully saturated rings. The van der Waals surface area contributed by atoms with Gasteiger partial charge in [0, 0.05) is 60.8 Å². The lowest BCUT2D eigenvalue weighted by Crippen LogP contribution is -2.39.